The molecule has 1 aliphatic rings. The van der Waals surface area contributed by atoms with Gasteiger partial charge in [0.25, 0.3) is 0 Å². The van der Waals surface area contributed by atoms with Gasteiger partial charge in [0.05, 0.1) is 0 Å². The van der Waals surface area contributed by atoms with Gasteiger partial charge in [-0.2, -0.15) is 0 Å². The van der Waals surface area contributed by atoms with Crippen LogP contribution in [0.25, 0.3) is 0 Å². The second-order valence-corrected chi connectivity index (χ2v) is 5.97. The zero-order valence-corrected chi connectivity index (χ0v) is 12.4. The summed E-state index contributed by atoms with van der Waals surface area (Å²) >= 11 is 0. The first kappa shape index (κ1) is 13.2. The highest BCUT2D eigenvalue weighted by atomic mass is 14.9. The average Bonchev–Trinajstić information content (AvgIpc) is 2.48. The van der Waals surface area contributed by atoms with Gasteiger partial charge in [0, 0.05) is 11.7 Å². The van der Waals surface area contributed by atoms with Crippen LogP contribution in [-0.2, 0) is 6.42 Å². The summed E-state index contributed by atoms with van der Waals surface area (Å²) in [6.07, 6.45) is 3.51. The fraction of sp³-hybridized carbons (Fsp3) is 0.368. The Hall–Kier alpha value is -1.76. The molecule has 2 atom stereocenters. The third kappa shape index (κ3) is 2.72. The summed E-state index contributed by atoms with van der Waals surface area (Å²) in [6.45, 7) is 4.58. The Balaban J connectivity index is 1.88. The predicted octanol–water partition coefficient (Wildman–Crippen LogP) is 4.98. The molecule has 1 heteroatoms. The number of nitrogens with one attached hydrogen (secondary N) is 1. The lowest BCUT2D eigenvalue weighted by Crippen LogP contribution is -2.25. The summed E-state index contributed by atoms with van der Waals surface area (Å²) in [5, 5.41) is 3.62. The Morgan fingerprint density at radius 1 is 1.05 bits per heavy atom. The van der Waals surface area contributed by atoms with Crippen LogP contribution in [0.3, 0.4) is 0 Å². The lowest BCUT2D eigenvalue weighted by molar-refractivity contribution is 0.540. The van der Waals surface area contributed by atoms with Crippen LogP contribution in [0, 0.1) is 0 Å². The van der Waals surface area contributed by atoms with E-state index in [0.29, 0.717) is 12.0 Å². The fourth-order valence-corrected chi connectivity index (χ4v) is 3.29. The smallest absolute Gasteiger partial charge is 0.0377 e. The van der Waals surface area contributed by atoms with Crippen LogP contribution in [-0.4, -0.2) is 6.04 Å². The Labute approximate surface area is 122 Å². The van der Waals surface area contributed by atoms with Crippen LogP contribution in [0.2, 0.25) is 0 Å². The van der Waals surface area contributed by atoms with E-state index in [1.54, 1.807) is 0 Å². The van der Waals surface area contributed by atoms with Crippen LogP contribution >= 0.6 is 0 Å². The first-order valence-corrected chi connectivity index (χ1v) is 7.69. The van der Waals surface area contributed by atoms with E-state index in [-0.39, 0.29) is 0 Å². The monoisotopic (exact) mass is 265 g/mol. The minimum absolute atomic E-state index is 0.590. The molecule has 0 amide bonds. The molecule has 1 nitrogen and oxygen atoms in total. The van der Waals surface area contributed by atoms with Crippen LogP contribution in [0.5, 0.6) is 0 Å². The van der Waals surface area contributed by atoms with Crippen molar-refractivity contribution >= 4 is 5.69 Å². The van der Waals surface area contributed by atoms with Gasteiger partial charge in [0.2, 0.25) is 0 Å². The normalized spacial score (nSPS) is 21.1. The lowest BCUT2D eigenvalue weighted by atomic mass is 9.84. The Kier molecular flexibility index (Phi) is 3.77. The van der Waals surface area contributed by atoms with E-state index in [1.807, 2.05) is 0 Å². The predicted molar refractivity (Wildman–Crippen MR) is 86.4 cm³/mol. The second-order valence-electron chi connectivity index (χ2n) is 5.97. The van der Waals surface area contributed by atoms with Gasteiger partial charge >= 0.3 is 0 Å². The molecule has 0 saturated heterocycles. The van der Waals surface area contributed by atoms with Crippen LogP contribution in [0.1, 0.15) is 49.3 Å². The van der Waals surface area contributed by atoms with Gasteiger partial charge in [0.1, 0.15) is 0 Å². The molecular weight excluding hydrogens is 242 g/mol. The van der Waals surface area contributed by atoms with Gasteiger partial charge in [-0.25, -0.2) is 0 Å². The maximum absolute atomic E-state index is 3.62. The third-order valence-electron chi connectivity index (χ3n) is 4.34. The molecule has 0 aliphatic carbocycles. The van der Waals surface area contributed by atoms with E-state index in [4.69, 9.17) is 0 Å². The topological polar surface area (TPSA) is 12.0 Å². The molecule has 0 spiro atoms. The van der Waals surface area contributed by atoms with Crippen molar-refractivity contribution in [1.29, 1.82) is 0 Å². The van der Waals surface area contributed by atoms with Crippen LogP contribution in [0.4, 0.5) is 5.69 Å². The van der Waals surface area contributed by atoms with E-state index in [1.165, 1.54) is 35.2 Å². The number of hydrogen-bond acceptors (Lipinski definition) is 1. The zero-order valence-electron chi connectivity index (χ0n) is 12.4. The van der Waals surface area contributed by atoms with Gasteiger partial charge < -0.3 is 5.32 Å². The van der Waals surface area contributed by atoms with E-state index in [2.05, 4.69) is 67.7 Å². The van der Waals surface area contributed by atoms with Gasteiger partial charge in [-0.15, -0.1) is 0 Å². The molecule has 0 fully saturated rings. The summed E-state index contributed by atoms with van der Waals surface area (Å²) in [4.78, 5) is 0. The van der Waals surface area contributed by atoms with Crippen LogP contribution < -0.4 is 5.32 Å². The molecule has 104 valence electrons. The van der Waals surface area contributed by atoms with Gasteiger partial charge in [-0.05, 0) is 54.9 Å². The average molecular weight is 265 g/mol. The standard InChI is InChI=1S/C19H23N/c1-3-17-11-14(2)20-19-10-9-16(13-18(17)19)12-15-7-5-4-6-8-15/h4-10,13-14,17,20H,3,11-12H2,1-2H3. The Morgan fingerprint density at radius 2 is 1.85 bits per heavy atom. The molecule has 0 aromatic heterocycles. The van der Waals surface area contributed by atoms with Crippen molar-refractivity contribution in [3.05, 3.63) is 65.2 Å². The number of anilines is 1. The Bertz CT molecular complexity index is 574. The molecule has 0 radical (unpaired) electrons. The third-order valence-corrected chi connectivity index (χ3v) is 4.34. The van der Waals surface area contributed by atoms with Crippen molar-refractivity contribution in [3.8, 4) is 0 Å². The number of benzene rings is 2. The first-order valence-electron chi connectivity index (χ1n) is 7.69. The van der Waals surface area contributed by atoms with Gasteiger partial charge in [-0.1, -0.05) is 49.4 Å². The van der Waals surface area contributed by atoms with E-state index in [0.717, 1.165) is 6.42 Å². The van der Waals surface area contributed by atoms with Crippen molar-refractivity contribution < 1.29 is 0 Å². The largest absolute Gasteiger partial charge is 0.382 e. The maximum Gasteiger partial charge on any atom is 0.0377 e. The highest BCUT2D eigenvalue weighted by Gasteiger charge is 2.22. The molecule has 2 aromatic rings. The minimum atomic E-state index is 0.590. The fourth-order valence-electron chi connectivity index (χ4n) is 3.29. The van der Waals surface area contributed by atoms with Crippen molar-refractivity contribution in [2.75, 3.05) is 5.32 Å². The number of rotatable bonds is 3. The van der Waals surface area contributed by atoms with E-state index >= 15 is 0 Å². The summed E-state index contributed by atoms with van der Waals surface area (Å²) in [5.74, 6) is 0.706. The summed E-state index contributed by atoms with van der Waals surface area (Å²) in [7, 11) is 0. The molecule has 3 rings (SSSR count). The van der Waals surface area contributed by atoms with Gasteiger partial charge in [0.15, 0.2) is 0 Å². The number of hydrogen-bond donors (Lipinski definition) is 1. The molecule has 20 heavy (non-hydrogen) atoms. The highest BCUT2D eigenvalue weighted by Crippen LogP contribution is 2.37. The van der Waals surface area contributed by atoms with E-state index in [9.17, 15) is 0 Å². The second kappa shape index (κ2) is 5.70. The molecule has 1 heterocycles. The highest BCUT2D eigenvalue weighted by molar-refractivity contribution is 5.57. The van der Waals surface area contributed by atoms with Gasteiger partial charge in [-0.3, -0.25) is 0 Å². The molecular formula is C19H23N. The zero-order chi connectivity index (χ0) is 13.9. The number of fused-ring (bicyclic) bond motifs is 1. The maximum atomic E-state index is 3.62. The lowest BCUT2D eigenvalue weighted by Gasteiger charge is -2.31. The summed E-state index contributed by atoms with van der Waals surface area (Å²) in [6, 6.07) is 18.3. The van der Waals surface area contributed by atoms with Crippen LogP contribution in [0.15, 0.2) is 48.5 Å². The van der Waals surface area contributed by atoms with E-state index < -0.39 is 0 Å². The minimum Gasteiger partial charge on any atom is -0.382 e. The van der Waals surface area contributed by atoms with Crippen molar-refractivity contribution in [3.63, 3.8) is 0 Å². The molecule has 1 N–H and O–H groups in total. The Morgan fingerprint density at radius 3 is 2.60 bits per heavy atom. The first-order chi connectivity index (χ1) is 9.76. The summed E-state index contributed by atoms with van der Waals surface area (Å²) < 4.78 is 0. The van der Waals surface area contributed by atoms with Crippen molar-refractivity contribution in [2.45, 2.75) is 45.1 Å². The molecule has 1 aliphatic heterocycles. The molecule has 2 aromatic carbocycles. The molecule has 0 bridgehead atoms. The van der Waals surface area contributed by atoms with Crippen molar-refractivity contribution in [2.24, 2.45) is 0 Å². The molecule has 2 unspecified atom stereocenters. The summed E-state index contributed by atoms with van der Waals surface area (Å²) in [5.41, 5.74) is 5.66. The SMILES string of the molecule is CCC1CC(C)Nc2ccc(Cc3ccccc3)cc21. The molecule has 0 saturated carbocycles. The quantitative estimate of drug-likeness (QED) is 0.825. The van der Waals surface area contributed by atoms with Crippen molar-refractivity contribution in [1.82, 2.24) is 0 Å².